The van der Waals surface area contributed by atoms with Gasteiger partial charge in [0.15, 0.2) is 5.82 Å². The van der Waals surface area contributed by atoms with Crippen molar-refractivity contribution in [3.8, 4) is 0 Å². The molecule has 0 radical (unpaired) electrons. The van der Waals surface area contributed by atoms with Gasteiger partial charge >= 0.3 is 0 Å². The maximum Gasteiger partial charge on any atom is 0.246 e. The number of aliphatic hydroxyl groups excluding tert-OH is 1. The fourth-order valence-corrected chi connectivity index (χ4v) is 5.66. The van der Waals surface area contributed by atoms with Gasteiger partial charge in [0.05, 0.1) is 5.76 Å². The average Bonchev–Trinajstić information content (AvgIpc) is 2.96. The molecule has 41 heavy (non-hydrogen) atoms. The van der Waals surface area contributed by atoms with Gasteiger partial charge in [0.1, 0.15) is 11.3 Å². The van der Waals surface area contributed by atoms with E-state index >= 15 is 4.39 Å². The number of carbonyl (C=O) groups is 2. The summed E-state index contributed by atoms with van der Waals surface area (Å²) in [6.07, 6.45) is 3.50. The first-order chi connectivity index (χ1) is 19.7. The minimum atomic E-state index is -0.602. The Morgan fingerprint density at radius 2 is 1.95 bits per heavy atom. The molecule has 1 aromatic heterocycles. The van der Waals surface area contributed by atoms with Crippen LogP contribution in [0, 0.1) is 5.82 Å². The zero-order chi connectivity index (χ0) is 29.3. The van der Waals surface area contributed by atoms with Gasteiger partial charge < -0.3 is 25.1 Å². The number of anilines is 2. The van der Waals surface area contributed by atoms with Gasteiger partial charge in [-0.25, -0.2) is 9.37 Å². The molecule has 2 aliphatic rings. The molecule has 0 bridgehead atoms. The van der Waals surface area contributed by atoms with E-state index in [0.29, 0.717) is 43.8 Å². The van der Waals surface area contributed by atoms with Crippen LogP contribution < -0.4 is 10.2 Å². The van der Waals surface area contributed by atoms with Crippen LogP contribution in [0.15, 0.2) is 54.8 Å². The number of nitrogens with zero attached hydrogens (tertiary/aromatic N) is 5. The number of rotatable bonds is 7. The number of halogens is 2. The predicted octanol–water partition coefficient (Wildman–Crippen LogP) is 4.28. The van der Waals surface area contributed by atoms with Crippen molar-refractivity contribution >= 4 is 46.1 Å². The lowest BCUT2D eigenvalue weighted by Crippen LogP contribution is -2.48. The predicted molar refractivity (Wildman–Crippen MR) is 158 cm³/mol. The number of nitrogens with one attached hydrogen (secondary N) is 1. The largest absolute Gasteiger partial charge is 0.512 e. The zero-order valence-electron chi connectivity index (χ0n) is 23.0. The van der Waals surface area contributed by atoms with Crippen LogP contribution in [0.3, 0.4) is 0 Å². The molecule has 1 fully saturated rings. The summed E-state index contributed by atoms with van der Waals surface area (Å²) in [5.41, 5.74) is 2.06. The molecule has 11 heteroatoms. The summed E-state index contributed by atoms with van der Waals surface area (Å²) in [6, 6.07) is 9.25. The number of hydrogen-bond donors (Lipinski definition) is 2. The Bertz CT molecular complexity index is 1550. The van der Waals surface area contributed by atoms with Crippen LogP contribution in [-0.2, 0) is 16.0 Å². The molecule has 2 heterocycles. The standard InChI is InChI=1S/C30H32ClFN6O3/c1-4-24(40)37-11-13-38(14-12-37)29-22-17-23(31)26(21-16-19(39)15-18-7-5-6-8-20(18)21)27(32)28(22)34-30(35-29)33-10-9-25(41)36(2)3/h4-8,16-17,21,39H,1,9-15H2,2-3H3,(H,33,34,35). The molecular formula is C30H32ClFN6O3. The third-order valence-corrected chi connectivity index (χ3v) is 7.83. The van der Waals surface area contributed by atoms with E-state index in [2.05, 4.69) is 16.9 Å². The van der Waals surface area contributed by atoms with E-state index in [1.54, 1.807) is 31.1 Å². The highest BCUT2D eigenvalue weighted by molar-refractivity contribution is 6.32. The monoisotopic (exact) mass is 578 g/mol. The maximum atomic E-state index is 16.6. The van der Waals surface area contributed by atoms with Crippen LogP contribution >= 0.6 is 11.6 Å². The summed E-state index contributed by atoms with van der Waals surface area (Å²) < 4.78 is 16.6. The van der Waals surface area contributed by atoms with E-state index in [0.717, 1.165) is 11.1 Å². The normalized spacial score (nSPS) is 16.7. The molecule has 1 saturated heterocycles. The Balaban J connectivity index is 1.59. The van der Waals surface area contributed by atoms with Gasteiger partial charge in [0.25, 0.3) is 0 Å². The van der Waals surface area contributed by atoms with Crippen molar-refractivity contribution in [3.63, 3.8) is 0 Å². The summed E-state index contributed by atoms with van der Waals surface area (Å²) in [5.74, 6) is -0.604. The number of hydrogen-bond acceptors (Lipinski definition) is 7. The molecule has 0 saturated carbocycles. The third-order valence-electron chi connectivity index (χ3n) is 7.52. The number of aromatic nitrogens is 2. The van der Waals surface area contributed by atoms with E-state index in [1.165, 1.54) is 11.0 Å². The smallest absolute Gasteiger partial charge is 0.246 e. The van der Waals surface area contributed by atoms with Crippen LogP contribution in [0.25, 0.3) is 10.9 Å². The summed E-state index contributed by atoms with van der Waals surface area (Å²) in [6.45, 7) is 5.67. The topological polar surface area (TPSA) is 102 Å². The van der Waals surface area contributed by atoms with E-state index in [-0.39, 0.29) is 52.6 Å². The highest BCUT2D eigenvalue weighted by Crippen LogP contribution is 2.42. The van der Waals surface area contributed by atoms with Crippen molar-refractivity contribution in [1.82, 2.24) is 19.8 Å². The molecule has 1 aliphatic heterocycles. The minimum Gasteiger partial charge on any atom is -0.512 e. The van der Waals surface area contributed by atoms with Crippen LogP contribution in [0.4, 0.5) is 16.2 Å². The molecule has 3 aromatic rings. The second-order valence-electron chi connectivity index (χ2n) is 10.3. The molecule has 1 unspecified atom stereocenters. The van der Waals surface area contributed by atoms with E-state index < -0.39 is 11.7 Å². The average molecular weight is 579 g/mol. The second kappa shape index (κ2) is 11.7. The first-order valence-corrected chi connectivity index (χ1v) is 13.8. The lowest BCUT2D eigenvalue weighted by molar-refractivity contribution is -0.128. The van der Waals surface area contributed by atoms with E-state index in [4.69, 9.17) is 16.6 Å². The van der Waals surface area contributed by atoms with Crippen LogP contribution in [-0.4, -0.2) is 83.5 Å². The van der Waals surface area contributed by atoms with Gasteiger partial charge in [-0.05, 0) is 29.3 Å². The van der Waals surface area contributed by atoms with Gasteiger partial charge in [-0.15, -0.1) is 0 Å². The van der Waals surface area contributed by atoms with E-state index in [1.807, 2.05) is 29.2 Å². The Hall–Kier alpha value is -4.18. The molecule has 1 aliphatic carbocycles. The Kier molecular flexibility index (Phi) is 8.12. The molecule has 2 amide bonds. The van der Waals surface area contributed by atoms with Gasteiger partial charge in [0.2, 0.25) is 17.8 Å². The number of aliphatic hydroxyl groups is 1. The summed E-state index contributed by atoms with van der Waals surface area (Å²) >= 11 is 6.79. The van der Waals surface area contributed by atoms with Crippen LogP contribution in [0.5, 0.6) is 0 Å². The molecule has 1 atom stereocenters. The molecule has 5 rings (SSSR count). The molecule has 0 spiro atoms. The number of fused-ring (bicyclic) bond motifs is 2. The molecule has 2 aromatic carbocycles. The Labute approximate surface area is 242 Å². The highest BCUT2D eigenvalue weighted by Gasteiger charge is 2.30. The van der Waals surface area contributed by atoms with Crippen molar-refractivity contribution in [1.29, 1.82) is 0 Å². The van der Waals surface area contributed by atoms with Gasteiger partial charge in [-0.3, -0.25) is 9.59 Å². The maximum absolute atomic E-state index is 16.6. The first kappa shape index (κ1) is 28.4. The number of amides is 2. The fraction of sp³-hybridized carbons (Fsp3) is 0.333. The molecule has 214 valence electrons. The Morgan fingerprint density at radius 3 is 2.66 bits per heavy atom. The third kappa shape index (κ3) is 5.69. The zero-order valence-corrected chi connectivity index (χ0v) is 23.8. The molecule has 2 N–H and O–H groups in total. The first-order valence-electron chi connectivity index (χ1n) is 13.4. The fourth-order valence-electron chi connectivity index (χ4n) is 5.35. The van der Waals surface area contributed by atoms with Crippen LogP contribution in [0.1, 0.15) is 29.0 Å². The van der Waals surface area contributed by atoms with Crippen molar-refractivity contribution in [2.24, 2.45) is 0 Å². The van der Waals surface area contributed by atoms with Crippen LogP contribution in [0.2, 0.25) is 5.02 Å². The number of allylic oxidation sites excluding steroid dienone is 2. The molecular weight excluding hydrogens is 547 g/mol. The van der Waals surface area contributed by atoms with Gasteiger partial charge in [-0.1, -0.05) is 42.4 Å². The second-order valence-corrected chi connectivity index (χ2v) is 10.8. The SMILES string of the molecule is C=CC(=O)N1CCN(c2nc(NCCC(=O)N(C)C)nc3c(F)c(C4C=C(O)Cc5ccccc54)c(Cl)cc23)CC1. The summed E-state index contributed by atoms with van der Waals surface area (Å²) in [7, 11) is 3.36. The Morgan fingerprint density at radius 1 is 1.22 bits per heavy atom. The van der Waals surface area contributed by atoms with E-state index in [9.17, 15) is 14.7 Å². The lowest BCUT2D eigenvalue weighted by Gasteiger charge is -2.35. The van der Waals surface area contributed by atoms with Crippen molar-refractivity contribution in [2.75, 3.05) is 57.0 Å². The van der Waals surface area contributed by atoms with Gasteiger partial charge in [-0.2, -0.15) is 4.98 Å². The summed E-state index contributed by atoms with van der Waals surface area (Å²) in [5, 5.41) is 14.2. The lowest BCUT2D eigenvalue weighted by atomic mass is 9.82. The minimum absolute atomic E-state index is 0.0654. The summed E-state index contributed by atoms with van der Waals surface area (Å²) in [4.78, 5) is 38.6. The number of carbonyl (C=O) groups excluding carboxylic acids is 2. The highest BCUT2D eigenvalue weighted by atomic mass is 35.5. The van der Waals surface area contributed by atoms with Crippen molar-refractivity contribution in [3.05, 3.63) is 82.4 Å². The quantitative estimate of drug-likeness (QED) is 0.404. The van der Waals surface area contributed by atoms with Gasteiger partial charge in [0, 0.05) is 81.6 Å². The van der Waals surface area contributed by atoms with Crippen molar-refractivity contribution < 1.29 is 19.1 Å². The number of benzene rings is 2. The van der Waals surface area contributed by atoms with Crippen molar-refractivity contribution in [2.45, 2.75) is 18.8 Å². The number of piperazine rings is 1. The molecule has 9 nitrogen and oxygen atoms in total.